The van der Waals surface area contributed by atoms with E-state index >= 15 is 0 Å². The quantitative estimate of drug-likeness (QED) is 0.800. The maximum absolute atomic E-state index is 11.8. The number of nitrogens with two attached hydrogens (primary N) is 1. The van der Waals surface area contributed by atoms with Crippen molar-refractivity contribution in [3.63, 3.8) is 0 Å². The normalized spacial score (nSPS) is 12.5. The van der Waals surface area contributed by atoms with E-state index in [1.165, 1.54) is 0 Å². The summed E-state index contributed by atoms with van der Waals surface area (Å²) < 4.78 is 1.84. The van der Waals surface area contributed by atoms with Gasteiger partial charge in [-0.15, -0.1) is 10.2 Å². The van der Waals surface area contributed by atoms with E-state index in [1.54, 1.807) is 11.8 Å². The summed E-state index contributed by atoms with van der Waals surface area (Å²) in [5.74, 6) is 1.42. The van der Waals surface area contributed by atoms with Crippen LogP contribution in [0.15, 0.2) is 24.4 Å². The molecule has 0 aliphatic rings. The number of aromatic nitrogens is 3. The van der Waals surface area contributed by atoms with Crippen molar-refractivity contribution in [1.29, 1.82) is 0 Å². The highest BCUT2D eigenvalue weighted by Crippen LogP contribution is 2.03. The van der Waals surface area contributed by atoms with Crippen LogP contribution in [0.2, 0.25) is 0 Å². The molecule has 0 fully saturated rings. The predicted octanol–water partition coefficient (Wildman–Crippen LogP) is 0.426. The molecule has 0 radical (unpaired) electrons. The first-order valence-corrected chi connectivity index (χ1v) is 7.42. The third-order valence-corrected chi connectivity index (χ3v) is 3.42. The van der Waals surface area contributed by atoms with Crippen LogP contribution in [0.3, 0.4) is 0 Å². The molecule has 0 unspecified atom stereocenters. The predicted molar refractivity (Wildman–Crippen MR) is 75.8 cm³/mol. The van der Waals surface area contributed by atoms with Gasteiger partial charge in [-0.1, -0.05) is 6.07 Å². The lowest BCUT2D eigenvalue weighted by Gasteiger charge is -2.10. The van der Waals surface area contributed by atoms with Crippen LogP contribution in [0.4, 0.5) is 0 Å². The van der Waals surface area contributed by atoms with Crippen LogP contribution in [0.5, 0.6) is 0 Å². The molecule has 19 heavy (non-hydrogen) atoms. The Morgan fingerprint density at radius 1 is 1.53 bits per heavy atom. The molecule has 3 N–H and O–H groups in total. The fourth-order valence-electron chi connectivity index (χ4n) is 1.68. The molecule has 0 aliphatic heterocycles. The smallest absolute Gasteiger partial charge is 0.237 e. The number of carbonyl (C=O) groups excluding carboxylic acids is 1. The second-order valence-electron chi connectivity index (χ2n) is 4.15. The lowest BCUT2D eigenvalue weighted by Crippen LogP contribution is -2.40. The molecule has 0 aromatic carbocycles. The van der Waals surface area contributed by atoms with Crippen molar-refractivity contribution in [2.45, 2.75) is 19.0 Å². The standard InChI is InChI=1S/C12H17N5OS/c1-19-7-5-9(13)12(18)14-8-11-16-15-10-4-2-3-6-17(10)11/h2-4,6,9H,5,7-8,13H2,1H3,(H,14,18)/t9-/m1/s1. The van der Waals surface area contributed by atoms with Gasteiger partial charge in [-0.3, -0.25) is 9.20 Å². The highest BCUT2D eigenvalue weighted by molar-refractivity contribution is 7.98. The minimum absolute atomic E-state index is 0.151. The third kappa shape index (κ3) is 3.45. The molecule has 102 valence electrons. The lowest BCUT2D eigenvalue weighted by molar-refractivity contribution is -0.122. The van der Waals surface area contributed by atoms with Crippen molar-refractivity contribution >= 4 is 23.3 Å². The van der Waals surface area contributed by atoms with Gasteiger partial charge >= 0.3 is 0 Å². The van der Waals surface area contributed by atoms with Gasteiger partial charge < -0.3 is 11.1 Å². The summed E-state index contributed by atoms with van der Waals surface area (Å²) in [7, 11) is 0. The monoisotopic (exact) mass is 279 g/mol. The molecule has 2 rings (SSSR count). The number of nitrogens with zero attached hydrogens (tertiary/aromatic N) is 3. The van der Waals surface area contributed by atoms with E-state index in [0.29, 0.717) is 18.8 Å². The fourth-order valence-corrected chi connectivity index (χ4v) is 2.17. The molecular formula is C12H17N5OS. The molecule has 6 nitrogen and oxygen atoms in total. The maximum atomic E-state index is 11.8. The Bertz CT molecular complexity index is 556. The number of fused-ring (bicyclic) bond motifs is 1. The van der Waals surface area contributed by atoms with Crippen molar-refractivity contribution < 1.29 is 4.79 Å². The second-order valence-corrected chi connectivity index (χ2v) is 5.14. The van der Waals surface area contributed by atoms with Crippen LogP contribution < -0.4 is 11.1 Å². The van der Waals surface area contributed by atoms with Crippen LogP contribution in [-0.4, -0.2) is 38.6 Å². The minimum atomic E-state index is -0.466. The number of thioether (sulfide) groups is 1. The molecule has 0 bridgehead atoms. The Morgan fingerprint density at radius 3 is 3.16 bits per heavy atom. The molecule has 1 amide bonds. The van der Waals surface area contributed by atoms with Crippen LogP contribution >= 0.6 is 11.8 Å². The van der Waals surface area contributed by atoms with Crippen molar-refractivity contribution in [2.24, 2.45) is 5.73 Å². The molecule has 2 aromatic rings. The first-order chi connectivity index (χ1) is 9.22. The number of hydrogen-bond donors (Lipinski definition) is 2. The fraction of sp³-hybridized carbons (Fsp3) is 0.417. The summed E-state index contributed by atoms with van der Waals surface area (Å²) in [5.41, 5.74) is 6.55. The average molecular weight is 279 g/mol. The maximum Gasteiger partial charge on any atom is 0.237 e. The van der Waals surface area contributed by atoms with Gasteiger partial charge in [0, 0.05) is 6.20 Å². The zero-order chi connectivity index (χ0) is 13.7. The zero-order valence-electron chi connectivity index (χ0n) is 10.7. The van der Waals surface area contributed by atoms with E-state index in [0.717, 1.165) is 11.4 Å². The molecule has 7 heteroatoms. The van der Waals surface area contributed by atoms with Crippen LogP contribution in [0.25, 0.3) is 5.65 Å². The molecule has 0 saturated heterocycles. The van der Waals surface area contributed by atoms with E-state index in [4.69, 9.17) is 5.73 Å². The van der Waals surface area contributed by atoms with Crippen molar-refractivity contribution in [1.82, 2.24) is 19.9 Å². The topological polar surface area (TPSA) is 85.3 Å². The Hall–Kier alpha value is -1.60. The molecular weight excluding hydrogens is 262 g/mol. The first kappa shape index (κ1) is 13.8. The van der Waals surface area contributed by atoms with Crippen molar-refractivity contribution in [3.8, 4) is 0 Å². The van der Waals surface area contributed by atoms with E-state index in [-0.39, 0.29) is 5.91 Å². The van der Waals surface area contributed by atoms with Crippen LogP contribution in [0.1, 0.15) is 12.2 Å². The molecule has 0 saturated carbocycles. The Labute approximate surface area is 115 Å². The minimum Gasteiger partial charge on any atom is -0.347 e. The number of hydrogen-bond acceptors (Lipinski definition) is 5. The number of amides is 1. The van der Waals surface area contributed by atoms with Gasteiger partial charge in [-0.25, -0.2) is 0 Å². The van der Waals surface area contributed by atoms with E-state index in [2.05, 4.69) is 15.5 Å². The third-order valence-electron chi connectivity index (χ3n) is 2.77. The van der Waals surface area contributed by atoms with Gasteiger partial charge in [0.1, 0.15) is 0 Å². The molecule has 1 atom stereocenters. The summed E-state index contributed by atoms with van der Waals surface area (Å²) >= 11 is 1.68. The van der Waals surface area contributed by atoms with Gasteiger partial charge in [-0.05, 0) is 30.6 Å². The van der Waals surface area contributed by atoms with Gasteiger partial charge in [0.25, 0.3) is 0 Å². The first-order valence-electron chi connectivity index (χ1n) is 6.03. The van der Waals surface area contributed by atoms with Gasteiger partial charge in [-0.2, -0.15) is 11.8 Å². The Balaban J connectivity index is 1.93. The SMILES string of the molecule is CSCC[C@@H](N)C(=O)NCc1nnc2ccccn12. The van der Waals surface area contributed by atoms with Gasteiger partial charge in [0.2, 0.25) is 5.91 Å². The van der Waals surface area contributed by atoms with Gasteiger partial charge in [0.05, 0.1) is 12.6 Å². The highest BCUT2D eigenvalue weighted by atomic mass is 32.2. The van der Waals surface area contributed by atoms with E-state index in [9.17, 15) is 4.79 Å². The number of carbonyl (C=O) groups is 1. The van der Waals surface area contributed by atoms with E-state index < -0.39 is 6.04 Å². The molecule has 0 spiro atoms. The van der Waals surface area contributed by atoms with Gasteiger partial charge in [0.15, 0.2) is 11.5 Å². The van der Waals surface area contributed by atoms with E-state index in [1.807, 2.05) is 35.1 Å². The van der Waals surface area contributed by atoms with Crippen LogP contribution in [-0.2, 0) is 11.3 Å². The summed E-state index contributed by atoms with van der Waals surface area (Å²) in [6.45, 7) is 0.330. The number of rotatable bonds is 6. The largest absolute Gasteiger partial charge is 0.347 e. The summed E-state index contributed by atoms with van der Waals surface area (Å²) in [6.07, 6.45) is 4.53. The van der Waals surface area contributed by atoms with Crippen LogP contribution in [0, 0.1) is 0 Å². The summed E-state index contributed by atoms with van der Waals surface area (Å²) in [6, 6.07) is 5.19. The lowest BCUT2D eigenvalue weighted by atomic mass is 10.2. The molecule has 0 aliphatic carbocycles. The van der Waals surface area contributed by atoms with Crippen molar-refractivity contribution in [3.05, 3.63) is 30.2 Å². The number of pyridine rings is 1. The summed E-state index contributed by atoms with van der Waals surface area (Å²) in [4.78, 5) is 11.8. The Morgan fingerprint density at radius 2 is 2.37 bits per heavy atom. The summed E-state index contributed by atoms with van der Waals surface area (Å²) in [5, 5.41) is 10.8. The molecule has 2 heterocycles. The Kier molecular flexibility index (Phi) is 4.75. The average Bonchev–Trinajstić information content (AvgIpc) is 2.85. The second kappa shape index (κ2) is 6.53. The zero-order valence-corrected chi connectivity index (χ0v) is 11.6. The molecule has 2 aromatic heterocycles. The highest BCUT2D eigenvalue weighted by Gasteiger charge is 2.13. The van der Waals surface area contributed by atoms with Crippen molar-refractivity contribution in [2.75, 3.05) is 12.0 Å². The number of nitrogens with one attached hydrogen (secondary N) is 1.